The molecule has 0 amide bonds. The highest BCUT2D eigenvalue weighted by molar-refractivity contribution is 6.33. The summed E-state index contributed by atoms with van der Waals surface area (Å²) in [4.78, 5) is 11.2. The molecule has 0 atom stereocenters. The molecule has 0 unspecified atom stereocenters. The molecule has 2 N–H and O–H groups in total. The maximum Gasteiger partial charge on any atom is 0.337 e. The van der Waals surface area contributed by atoms with Crippen LogP contribution in [-0.4, -0.2) is 11.1 Å². The zero-order valence-corrected chi connectivity index (χ0v) is 11.5. The summed E-state index contributed by atoms with van der Waals surface area (Å²) in [6.45, 7) is 0. The molecule has 0 fully saturated rings. The molecule has 0 heterocycles. The molecule has 0 aliphatic carbocycles. The predicted molar refractivity (Wildman–Crippen MR) is 77.9 cm³/mol. The largest absolute Gasteiger partial charge is 0.478 e. The summed E-state index contributed by atoms with van der Waals surface area (Å²) >= 11 is 11.8. The zero-order valence-electron chi connectivity index (χ0n) is 10.0. The van der Waals surface area contributed by atoms with Gasteiger partial charge < -0.3 is 10.4 Å². The molecular weight excluding hydrogens is 299 g/mol. The van der Waals surface area contributed by atoms with Crippen molar-refractivity contribution < 1.29 is 9.90 Å². The normalized spacial score (nSPS) is 9.85. The summed E-state index contributed by atoms with van der Waals surface area (Å²) in [5.74, 6) is -1.11. The Morgan fingerprint density at radius 1 is 1.15 bits per heavy atom. The average Bonchev–Trinajstić information content (AvgIpc) is 2.42. The van der Waals surface area contributed by atoms with Crippen LogP contribution in [0, 0.1) is 11.3 Å². The fourth-order valence-corrected chi connectivity index (χ4v) is 1.98. The number of hydrogen-bond acceptors (Lipinski definition) is 3. The minimum absolute atomic E-state index is 0.0240. The fraction of sp³-hybridized carbons (Fsp3) is 0. The van der Waals surface area contributed by atoms with E-state index < -0.39 is 5.97 Å². The van der Waals surface area contributed by atoms with E-state index in [2.05, 4.69) is 5.32 Å². The Morgan fingerprint density at radius 3 is 2.55 bits per heavy atom. The highest BCUT2D eigenvalue weighted by Crippen LogP contribution is 2.29. The van der Waals surface area contributed by atoms with Gasteiger partial charge in [-0.3, -0.25) is 0 Å². The van der Waals surface area contributed by atoms with Gasteiger partial charge in [0.2, 0.25) is 0 Å². The van der Waals surface area contributed by atoms with E-state index in [4.69, 9.17) is 33.6 Å². The second-order valence-electron chi connectivity index (χ2n) is 3.93. The van der Waals surface area contributed by atoms with Crippen LogP contribution >= 0.6 is 23.2 Å². The van der Waals surface area contributed by atoms with E-state index in [-0.39, 0.29) is 5.56 Å². The van der Waals surface area contributed by atoms with Crippen molar-refractivity contribution in [3.63, 3.8) is 0 Å². The summed E-state index contributed by atoms with van der Waals surface area (Å²) < 4.78 is 0. The second kappa shape index (κ2) is 5.83. The van der Waals surface area contributed by atoms with Crippen molar-refractivity contribution in [3.8, 4) is 6.07 Å². The van der Waals surface area contributed by atoms with Gasteiger partial charge in [0.05, 0.1) is 33.6 Å². The first kappa shape index (κ1) is 14.2. The molecule has 0 aromatic heterocycles. The van der Waals surface area contributed by atoms with E-state index in [1.165, 1.54) is 6.07 Å². The number of rotatable bonds is 3. The van der Waals surface area contributed by atoms with Gasteiger partial charge >= 0.3 is 5.97 Å². The van der Waals surface area contributed by atoms with E-state index in [0.29, 0.717) is 27.0 Å². The van der Waals surface area contributed by atoms with Crippen LogP contribution in [0.25, 0.3) is 0 Å². The van der Waals surface area contributed by atoms with Crippen molar-refractivity contribution in [1.29, 1.82) is 5.26 Å². The lowest BCUT2D eigenvalue weighted by molar-refractivity contribution is 0.0698. The van der Waals surface area contributed by atoms with Gasteiger partial charge in [0.25, 0.3) is 0 Å². The Kier molecular flexibility index (Phi) is 4.14. The Balaban J connectivity index is 2.45. The average molecular weight is 307 g/mol. The van der Waals surface area contributed by atoms with Crippen molar-refractivity contribution in [1.82, 2.24) is 0 Å². The summed E-state index contributed by atoms with van der Waals surface area (Å²) in [5.41, 5.74) is 1.24. The Labute approximate surface area is 125 Å². The number of halogens is 2. The fourth-order valence-electron chi connectivity index (χ4n) is 1.64. The zero-order chi connectivity index (χ0) is 14.7. The molecule has 20 heavy (non-hydrogen) atoms. The van der Waals surface area contributed by atoms with Crippen LogP contribution in [-0.2, 0) is 0 Å². The van der Waals surface area contributed by atoms with E-state index in [1.807, 2.05) is 6.07 Å². The van der Waals surface area contributed by atoms with Gasteiger partial charge in [0, 0.05) is 5.02 Å². The molecule has 2 rings (SSSR count). The summed E-state index contributed by atoms with van der Waals surface area (Å²) in [6.07, 6.45) is 0. The molecular formula is C14H8Cl2N2O2. The third-order valence-corrected chi connectivity index (χ3v) is 3.14. The van der Waals surface area contributed by atoms with Crippen molar-refractivity contribution in [3.05, 3.63) is 57.6 Å². The smallest absolute Gasteiger partial charge is 0.337 e. The van der Waals surface area contributed by atoms with Crippen molar-refractivity contribution in [2.45, 2.75) is 0 Å². The summed E-state index contributed by atoms with van der Waals surface area (Å²) in [6, 6.07) is 11.1. The molecule has 0 saturated heterocycles. The molecule has 4 nitrogen and oxygen atoms in total. The standard InChI is InChI=1S/C14H8Cl2N2O2/c15-9-2-4-12(10(6-9)14(19)20)18-13-5-8(7-17)1-3-11(13)16/h1-6,18H,(H,19,20). The highest BCUT2D eigenvalue weighted by atomic mass is 35.5. The van der Waals surface area contributed by atoms with E-state index in [1.54, 1.807) is 30.3 Å². The monoisotopic (exact) mass is 306 g/mol. The topological polar surface area (TPSA) is 73.1 Å². The minimum atomic E-state index is -1.11. The molecule has 6 heteroatoms. The van der Waals surface area contributed by atoms with E-state index in [9.17, 15) is 4.79 Å². The third kappa shape index (κ3) is 3.02. The minimum Gasteiger partial charge on any atom is -0.478 e. The lowest BCUT2D eigenvalue weighted by Gasteiger charge is -2.11. The first-order chi connectivity index (χ1) is 9.51. The number of nitriles is 1. The van der Waals surface area contributed by atoms with Gasteiger partial charge in [-0.25, -0.2) is 4.79 Å². The number of anilines is 2. The van der Waals surface area contributed by atoms with Crippen molar-refractivity contribution >= 4 is 40.5 Å². The number of nitrogens with one attached hydrogen (secondary N) is 1. The highest BCUT2D eigenvalue weighted by Gasteiger charge is 2.12. The number of nitrogens with zero attached hydrogens (tertiary/aromatic N) is 1. The van der Waals surface area contributed by atoms with Crippen LogP contribution in [0.3, 0.4) is 0 Å². The molecule has 0 aliphatic heterocycles. The van der Waals surface area contributed by atoms with Gasteiger partial charge in [0.15, 0.2) is 0 Å². The number of benzene rings is 2. The van der Waals surface area contributed by atoms with Gasteiger partial charge in [-0.2, -0.15) is 5.26 Å². The van der Waals surface area contributed by atoms with Crippen LogP contribution in [0.1, 0.15) is 15.9 Å². The molecule has 0 spiro atoms. The van der Waals surface area contributed by atoms with Crippen molar-refractivity contribution in [2.24, 2.45) is 0 Å². The Morgan fingerprint density at radius 2 is 1.90 bits per heavy atom. The van der Waals surface area contributed by atoms with Gasteiger partial charge in [-0.15, -0.1) is 0 Å². The SMILES string of the molecule is N#Cc1ccc(Cl)c(Nc2ccc(Cl)cc2C(=O)O)c1. The lowest BCUT2D eigenvalue weighted by Crippen LogP contribution is -2.03. The molecule has 2 aromatic carbocycles. The Hall–Kier alpha value is -2.22. The number of carbonyl (C=O) groups is 1. The van der Waals surface area contributed by atoms with Gasteiger partial charge in [-0.05, 0) is 36.4 Å². The van der Waals surface area contributed by atoms with E-state index >= 15 is 0 Å². The second-order valence-corrected chi connectivity index (χ2v) is 4.77. The quantitative estimate of drug-likeness (QED) is 0.886. The number of carboxylic acid groups (broad SMARTS) is 1. The predicted octanol–water partition coefficient (Wildman–Crippen LogP) is 4.31. The third-order valence-electron chi connectivity index (χ3n) is 2.58. The summed E-state index contributed by atoms with van der Waals surface area (Å²) in [7, 11) is 0. The number of aromatic carboxylic acids is 1. The van der Waals surface area contributed by atoms with Gasteiger partial charge in [0.1, 0.15) is 0 Å². The number of carboxylic acids is 1. The van der Waals surface area contributed by atoms with Gasteiger partial charge in [-0.1, -0.05) is 23.2 Å². The molecule has 0 bridgehead atoms. The Bertz CT molecular complexity index is 724. The van der Waals surface area contributed by atoms with Crippen LogP contribution in [0.5, 0.6) is 0 Å². The maximum atomic E-state index is 11.2. The molecule has 0 radical (unpaired) electrons. The number of hydrogen-bond donors (Lipinski definition) is 2. The maximum absolute atomic E-state index is 11.2. The molecule has 2 aromatic rings. The van der Waals surface area contributed by atoms with Crippen LogP contribution in [0.15, 0.2) is 36.4 Å². The van der Waals surface area contributed by atoms with Crippen LogP contribution in [0.2, 0.25) is 10.0 Å². The first-order valence-corrected chi connectivity index (χ1v) is 6.26. The molecule has 0 saturated carbocycles. The molecule has 100 valence electrons. The van der Waals surface area contributed by atoms with Crippen LogP contribution in [0.4, 0.5) is 11.4 Å². The molecule has 0 aliphatic rings. The van der Waals surface area contributed by atoms with Crippen LogP contribution < -0.4 is 5.32 Å². The van der Waals surface area contributed by atoms with Crippen molar-refractivity contribution in [2.75, 3.05) is 5.32 Å². The lowest BCUT2D eigenvalue weighted by atomic mass is 10.1. The van der Waals surface area contributed by atoms with E-state index in [0.717, 1.165) is 0 Å². The summed E-state index contributed by atoms with van der Waals surface area (Å²) in [5, 5.41) is 21.6. The first-order valence-electron chi connectivity index (χ1n) is 5.51.